The normalized spacial score (nSPS) is 8.82. The first-order valence-corrected chi connectivity index (χ1v) is 2.88. The van der Waals surface area contributed by atoms with E-state index in [1.807, 2.05) is 0 Å². The third kappa shape index (κ3) is 1.27. The van der Waals surface area contributed by atoms with Crippen molar-refractivity contribution >= 4 is 0 Å². The van der Waals surface area contributed by atoms with E-state index < -0.39 is 5.82 Å². The zero-order chi connectivity index (χ0) is 8.27. The highest BCUT2D eigenvalue weighted by molar-refractivity contribution is 5.37. The average Bonchev–Trinajstić information content (AvgIpc) is 2.04. The van der Waals surface area contributed by atoms with E-state index in [4.69, 9.17) is 5.26 Å². The van der Waals surface area contributed by atoms with Gasteiger partial charge in [0, 0.05) is 6.20 Å². The minimum absolute atomic E-state index is 0.0347. The van der Waals surface area contributed by atoms with E-state index in [-0.39, 0.29) is 11.4 Å². The first kappa shape index (κ1) is 7.48. The predicted octanol–water partition coefficient (Wildman–Crippen LogP) is 1.10. The minimum atomic E-state index is -0.570. The van der Waals surface area contributed by atoms with Gasteiger partial charge in [-0.2, -0.15) is 5.26 Å². The molecule has 1 heterocycles. The second kappa shape index (κ2) is 2.97. The van der Waals surface area contributed by atoms with Gasteiger partial charge in [-0.25, -0.2) is 9.37 Å². The van der Waals surface area contributed by atoms with Crippen molar-refractivity contribution in [3.8, 4) is 11.8 Å². The highest BCUT2D eigenvalue weighted by atomic mass is 19.1. The summed E-state index contributed by atoms with van der Waals surface area (Å²) in [6, 6.07) is 2.85. The van der Waals surface area contributed by atoms with Crippen LogP contribution in [0.4, 0.5) is 4.39 Å². The number of hydrogen-bond acceptors (Lipinski definition) is 3. The monoisotopic (exact) mass is 152 g/mol. The molecule has 0 atom stereocenters. The topological polar surface area (TPSA) is 45.9 Å². The summed E-state index contributed by atoms with van der Waals surface area (Å²) in [6.45, 7) is 0. The molecule has 1 aromatic rings. The molecule has 11 heavy (non-hydrogen) atoms. The number of halogens is 1. The van der Waals surface area contributed by atoms with Crippen LogP contribution in [0.1, 0.15) is 5.69 Å². The van der Waals surface area contributed by atoms with Crippen molar-refractivity contribution in [3.05, 3.63) is 23.8 Å². The van der Waals surface area contributed by atoms with E-state index in [0.717, 1.165) is 6.07 Å². The lowest BCUT2D eigenvalue weighted by Gasteiger charge is -2.00. The zero-order valence-corrected chi connectivity index (χ0v) is 5.84. The second-order valence-corrected chi connectivity index (χ2v) is 1.79. The molecule has 0 aliphatic carbocycles. The maximum atomic E-state index is 12.7. The first-order valence-electron chi connectivity index (χ1n) is 2.88. The second-order valence-electron chi connectivity index (χ2n) is 1.79. The Hall–Kier alpha value is -1.63. The summed E-state index contributed by atoms with van der Waals surface area (Å²) in [5.74, 6) is -0.672. The average molecular weight is 152 g/mol. The Bertz CT molecular complexity index is 306. The molecule has 0 N–H and O–H groups in total. The van der Waals surface area contributed by atoms with Crippen LogP contribution in [0.2, 0.25) is 0 Å². The molecule has 0 spiro atoms. The van der Waals surface area contributed by atoms with Gasteiger partial charge in [0.1, 0.15) is 6.07 Å². The van der Waals surface area contributed by atoms with E-state index in [9.17, 15) is 4.39 Å². The Balaban J connectivity index is 3.27. The van der Waals surface area contributed by atoms with Gasteiger partial charge in [0.05, 0.1) is 7.11 Å². The Morgan fingerprint density at radius 3 is 2.91 bits per heavy atom. The lowest BCUT2D eigenvalue weighted by molar-refractivity contribution is 0.382. The zero-order valence-electron chi connectivity index (χ0n) is 5.84. The molecular formula is C7H5FN2O. The van der Waals surface area contributed by atoms with Gasteiger partial charge in [-0.1, -0.05) is 0 Å². The largest absolute Gasteiger partial charge is 0.491 e. The SMILES string of the molecule is COc1c(F)ccnc1C#N. The number of nitrogens with zero attached hydrogens (tertiary/aromatic N) is 2. The molecule has 0 radical (unpaired) electrons. The molecule has 3 nitrogen and oxygen atoms in total. The van der Waals surface area contributed by atoms with Crippen LogP contribution >= 0.6 is 0 Å². The van der Waals surface area contributed by atoms with Crippen LogP contribution in [-0.4, -0.2) is 12.1 Å². The summed E-state index contributed by atoms with van der Waals surface area (Å²) < 4.78 is 17.3. The van der Waals surface area contributed by atoms with Crippen molar-refractivity contribution in [2.24, 2.45) is 0 Å². The highest BCUT2D eigenvalue weighted by Crippen LogP contribution is 2.18. The van der Waals surface area contributed by atoms with Crippen molar-refractivity contribution in [2.45, 2.75) is 0 Å². The van der Waals surface area contributed by atoms with Crippen LogP contribution in [0, 0.1) is 17.1 Å². The molecule has 0 saturated heterocycles. The molecule has 4 heteroatoms. The molecular weight excluding hydrogens is 147 g/mol. The standard InChI is InChI=1S/C7H5FN2O/c1-11-7-5(8)2-3-10-6(7)4-9/h2-3H,1H3. The highest BCUT2D eigenvalue weighted by Gasteiger charge is 2.07. The van der Waals surface area contributed by atoms with Crippen LogP contribution in [0.25, 0.3) is 0 Å². The van der Waals surface area contributed by atoms with Crippen molar-refractivity contribution in [1.29, 1.82) is 5.26 Å². The number of pyridine rings is 1. The summed E-state index contributed by atoms with van der Waals surface area (Å²) in [5.41, 5.74) is -0.0347. The smallest absolute Gasteiger partial charge is 0.191 e. The van der Waals surface area contributed by atoms with Crippen molar-refractivity contribution in [2.75, 3.05) is 7.11 Å². The van der Waals surface area contributed by atoms with Gasteiger partial charge in [-0.15, -0.1) is 0 Å². The summed E-state index contributed by atoms with van der Waals surface area (Å²) in [5, 5.41) is 8.41. The fraction of sp³-hybridized carbons (Fsp3) is 0.143. The fourth-order valence-corrected chi connectivity index (χ4v) is 0.698. The minimum Gasteiger partial charge on any atom is -0.491 e. The summed E-state index contributed by atoms with van der Waals surface area (Å²) in [7, 11) is 1.29. The quantitative estimate of drug-likeness (QED) is 0.605. The summed E-state index contributed by atoms with van der Waals surface area (Å²) >= 11 is 0. The van der Waals surface area contributed by atoms with Crippen molar-refractivity contribution in [3.63, 3.8) is 0 Å². The molecule has 0 amide bonds. The number of rotatable bonds is 1. The van der Waals surface area contributed by atoms with Crippen LogP contribution < -0.4 is 4.74 Å². The van der Waals surface area contributed by atoms with E-state index in [1.54, 1.807) is 6.07 Å². The third-order valence-corrected chi connectivity index (χ3v) is 1.17. The van der Waals surface area contributed by atoms with E-state index in [0.29, 0.717) is 0 Å². The summed E-state index contributed by atoms with van der Waals surface area (Å²) in [6.07, 6.45) is 1.22. The number of methoxy groups -OCH3 is 1. The van der Waals surface area contributed by atoms with Gasteiger partial charge in [0.15, 0.2) is 17.3 Å². The van der Waals surface area contributed by atoms with Gasteiger partial charge in [-0.3, -0.25) is 0 Å². The van der Waals surface area contributed by atoms with E-state index in [2.05, 4.69) is 9.72 Å². The Morgan fingerprint density at radius 1 is 1.73 bits per heavy atom. The molecule has 0 aliphatic rings. The van der Waals surface area contributed by atoms with Crippen molar-refractivity contribution in [1.82, 2.24) is 4.98 Å². The Labute approximate surface area is 63.1 Å². The van der Waals surface area contributed by atoms with Gasteiger partial charge >= 0.3 is 0 Å². The summed E-state index contributed by atoms with van der Waals surface area (Å²) in [4.78, 5) is 3.60. The number of hydrogen-bond donors (Lipinski definition) is 0. The predicted molar refractivity (Wildman–Crippen MR) is 35.5 cm³/mol. The molecule has 0 saturated carbocycles. The van der Waals surface area contributed by atoms with Gasteiger partial charge < -0.3 is 4.74 Å². The fourth-order valence-electron chi connectivity index (χ4n) is 0.698. The van der Waals surface area contributed by atoms with Crippen molar-refractivity contribution < 1.29 is 9.13 Å². The number of aromatic nitrogens is 1. The number of ether oxygens (including phenoxy) is 1. The van der Waals surface area contributed by atoms with Crippen LogP contribution in [0.5, 0.6) is 5.75 Å². The number of nitriles is 1. The van der Waals surface area contributed by atoms with Gasteiger partial charge in [-0.05, 0) is 6.07 Å². The van der Waals surface area contributed by atoms with Crippen LogP contribution in [0.15, 0.2) is 12.3 Å². The molecule has 1 rings (SSSR count). The van der Waals surface area contributed by atoms with Crippen LogP contribution in [-0.2, 0) is 0 Å². The molecule has 0 unspecified atom stereocenters. The van der Waals surface area contributed by atoms with Gasteiger partial charge in [0.25, 0.3) is 0 Å². The molecule has 0 fully saturated rings. The third-order valence-electron chi connectivity index (χ3n) is 1.17. The lowest BCUT2D eigenvalue weighted by atomic mass is 10.3. The molecule has 1 aromatic heterocycles. The molecule has 0 bridgehead atoms. The maximum absolute atomic E-state index is 12.7. The Kier molecular flexibility index (Phi) is 2.02. The van der Waals surface area contributed by atoms with E-state index in [1.165, 1.54) is 13.3 Å². The molecule has 0 aliphatic heterocycles. The van der Waals surface area contributed by atoms with E-state index >= 15 is 0 Å². The first-order chi connectivity index (χ1) is 5.29. The maximum Gasteiger partial charge on any atom is 0.191 e. The van der Waals surface area contributed by atoms with Gasteiger partial charge in [0.2, 0.25) is 0 Å². The molecule has 56 valence electrons. The van der Waals surface area contributed by atoms with Crippen LogP contribution in [0.3, 0.4) is 0 Å². The molecule has 0 aromatic carbocycles. The lowest BCUT2D eigenvalue weighted by Crippen LogP contribution is -1.94. The Morgan fingerprint density at radius 2 is 2.45 bits per heavy atom.